The van der Waals surface area contributed by atoms with E-state index in [-0.39, 0.29) is 29.3 Å². The van der Waals surface area contributed by atoms with E-state index in [1.807, 2.05) is 45.0 Å². The van der Waals surface area contributed by atoms with Crippen molar-refractivity contribution in [1.29, 1.82) is 0 Å². The maximum absolute atomic E-state index is 13.1. The van der Waals surface area contributed by atoms with Crippen molar-refractivity contribution in [2.75, 3.05) is 5.75 Å². The van der Waals surface area contributed by atoms with Crippen LogP contribution in [0.25, 0.3) is 0 Å². The van der Waals surface area contributed by atoms with Gasteiger partial charge < -0.3 is 10.2 Å². The second-order valence-corrected chi connectivity index (χ2v) is 8.84. The van der Waals surface area contributed by atoms with Crippen molar-refractivity contribution < 1.29 is 14.5 Å². The third kappa shape index (κ3) is 7.37. The van der Waals surface area contributed by atoms with Gasteiger partial charge in [-0.25, -0.2) is 0 Å². The minimum absolute atomic E-state index is 0.0388. The first-order valence-electron chi connectivity index (χ1n) is 10.7. The monoisotopic (exact) mass is 457 g/mol. The zero-order valence-corrected chi connectivity index (χ0v) is 19.9. The lowest BCUT2D eigenvalue weighted by Gasteiger charge is -2.30. The summed E-state index contributed by atoms with van der Waals surface area (Å²) in [5, 5.41) is 13.8. The molecule has 0 aromatic heterocycles. The maximum Gasteiger partial charge on any atom is 0.269 e. The van der Waals surface area contributed by atoms with E-state index in [1.54, 1.807) is 24.0 Å². The predicted octanol–water partition coefficient (Wildman–Crippen LogP) is 4.47. The van der Waals surface area contributed by atoms with Gasteiger partial charge >= 0.3 is 0 Å². The average molecular weight is 458 g/mol. The Morgan fingerprint density at radius 2 is 1.78 bits per heavy atom. The van der Waals surface area contributed by atoms with Crippen molar-refractivity contribution in [3.63, 3.8) is 0 Å². The Labute approximate surface area is 193 Å². The number of carbonyl (C=O) groups is 2. The molecule has 2 amide bonds. The summed E-state index contributed by atoms with van der Waals surface area (Å²) in [6, 6.07) is 13.6. The van der Waals surface area contributed by atoms with E-state index in [0.717, 1.165) is 23.1 Å². The van der Waals surface area contributed by atoms with E-state index >= 15 is 0 Å². The van der Waals surface area contributed by atoms with Crippen LogP contribution >= 0.6 is 11.8 Å². The lowest BCUT2D eigenvalue weighted by atomic mass is 10.1. The summed E-state index contributed by atoms with van der Waals surface area (Å²) in [4.78, 5) is 37.9. The minimum atomic E-state index is -0.601. The quantitative estimate of drug-likeness (QED) is 0.397. The fourth-order valence-electron chi connectivity index (χ4n) is 3.07. The highest BCUT2D eigenvalue weighted by molar-refractivity contribution is 7.99. The van der Waals surface area contributed by atoms with E-state index in [9.17, 15) is 19.7 Å². The molecule has 0 aliphatic carbocycles. The van der Waals surface area contributed by atoms with Crippen LogP contribution in [0.15, 0.2) is 48.5 Å². The van der Waals surface area contributed by atoms with Gasteiger partial charge in [0.2, 0.25) is 11.8 Å². The number of rotatable bonds is 11. The van der Waals surface area contributed by atoms with Crippen molar-refractivity contribution in [1.82, 2.24) is 10.2 Å². The number of nitro groups is 1. The number of hydrogen-bond acceptors (Lipinski definition) is 5. The molecule has 0 spiro atoms. The third-order valence-electron chi connectivity index (χ3n) is 5.41. The Bertz CT molecular complexity index is 933. The lowest BCUT2D eigenvalue weighted by Crippen LogP contribution is -2.50. The van der Waals surface area contributed by atoms with Crippen LogP contribution in [0.4, 0.5) is 5.69 Å². The van der Waals surface area contributed by atoms with Crippen LogP contribution in [0.2, 0.25) is 0 Å². The summed E-state index contributed by atoms with van der Waals surface area (Å²) >= 11 is 1.43. The molecule has 0 fully saturated rings. The largest absolute Gasteiger partial charge is 0.352 e. The molecule has 0 saturated heterocycles. The molecule has 2 atom stereocenters. The summed E-state index contributed by atoms with van der Waals surface area (Å²) in [7, 11) is 0. The number of amides is 2. The van der Waals surface area contributed by atoms with Gasteiger partial charge in [0.25, 0.3) is 5.69 Å². The molecule has 32 heavy (non-hydrogen) atoms. The number of carbonyl (C=O) groups excluding carboxylic acids is 2. The smallest absolute Gasteiger partial charge is 0.269 e. The second kappa shape index (κ2) is 12.2. The number of non-ortho nitro benzene ring substituents is 1. The normalized spacial score (nSPS) is 12.6. The molecule has 0 aliphatic rings. The van der Waals surface area contributed by atoms with Crippen LogP contribution < -0.4 is 5.32 Å². The van der Waals surface area contributed by atoms with Gasteiger partial charge in [-0.15, -0.1) is 11.8 Å². The Morgan fingerprint density at radius 1 is 1.12 bits per heavy atom. The Balaban J connectivity index is 2.07. The van der Waals surface area contributed by atoms with Gasteiger partial charge in [0.1, 0.15) is 6.04 Å². The number of thioether (sulfide) groups is 1. The molecule has 0 unspecified atom stereocenters. The number of nitrogens with zero attached hydrogens (tertiary/aromatic N) is 2. The predicted molar refractivity (Wildman–Crippen MR) is 128 cm³/mol. The lowest BCUT2D eigenvalue weighted by molar-refractivity contribution is -0.384. The number of aryl methyl sites for hydroxylation is 1. The van der Waals surface area contributed by atoms with Crippen LogP contribution in [0.1, 0.15) is 43.9 Å². The van der Waals surface area contributed by atoms with Crippen LogP contribution in [0.3, 0.4) is 0 Å². The number of nitrogens with one attached hydrogen (secondary N) is 1. The fraction of sp³-hybridized carbons (Fsp3) is 0.417. The van der Waals surface area contributed by atoms with Crippen molar-refractivity contribution >= 4 is 29.3 Å². The highest BCUT2D eigenvalue weighted by Crippen LogP contribution is 2.19. The summed E-state index contributed by atoms with van der Waals surface area (Å²) in [5.41, 5.74) is 3.02. The molecule has 2 aromatic carbocycles. The standard InChI is InChI=1S/C24H31N3O4S/c1-5-18(3)25-24(29)19(4)26(14-21-9-7-6-8-17(21)2)23(28)16-32-15-20-10-12-22(13-11-20)27(30)31/h6-13,18-19H,5,14-16H2,1-4H3,(H,25,29)/t18-,19+/m0/s1. The summed E-state index contributed by atoms with van der Waals surface area (Å²) in [5.74, 6) is 0.479. The topological polar surface area (TPSA) is 92.6 Å². The van der Waals surface area contributed by atoms with E-state index in [1.165, 1.54) is 23.9 Å². The molecule has 0 bridgehead atoms. The van der Waals surface area contributed by atoms with Gasteiger partial charge in [-0.2, -0.15) is 0 Å². The van der Waals surface area contributed by atoms with Crippen LogP contribution in [0.5, 0.6) is 0 Å². The van der Waals surface area contributed by atoms with Gasteiger partial charge in [-0.1, -0.05) is 43.3 Å². The van der Waals surface area contributed by atoms with Crippen molar-refractivity contribution in [2.45, 2.75) is 58.5 Å². The van der Waals surface area contributed by atoms with E-state index in [0.29, 0.717) is 12.3 Å². The molecule has 8 heteroatoms. The van der Waals surface area contributed by atoms with Crippen LogP contribution in [-0.4, -0.2) is 39.5 Å². The molecule has 2 rings (SSSR count). The van der Waals surface area contributed by atoms with E-state index < -0.39 is 11.0 Å². The Morgan fingerprint density at radius 3 is 2.38 bits per heavy atom. The summed E-state index contributed by atoms with van der Waals surface area (Å²) < 4.78 is 0. The van der Waals surface area contributed by atoms with Crippen LogP contribution in [-0.2, 0) is 21.9 Å². The van der Waals surface area contributed by atoms with E-state index in [2.05, 4.69) is 5.32 Å². The fourth-order valence-corrected chi connectivity index (χ4v) is 3.94. The molecule has 0 saturated carbocycles. The molecule has 0 heterocycles. The highest BCUT2D eigenvalue weighted by Gasteiger charge is 2.27. The number of nitro benzene ring substituents is 1. The highest BCUT2D eigenvalue weighted by atomic mass is 32.2. The molecule has 0 radical (unpaired) electrons. The first-order chi connectivity index (χ1) is 15.2. The first kappa shape index (κ1) is 25.4. The SMILES string of the molecule is CC[C@H](C)NC(=O)[C@@H](C)N(Cc1ccccc1C)C(=O)CSCc1ccc([N+](=O)[O-])cc1. The number of hydrogen-bond donors (Lipinski definition) is 1. The summed E-state index contributed by atoms with van der Waals surface area (Å²) in [6.45, 7) is 8.05. The first-order valence-corrected chi connectivity index (χ1v) is 11.8. The summed E-state index contributed by atoms with van der Waals surface area (Å²) in [6.07, 6.45) is 0.815. The van der Waals surface area contributed by atoms with Gasteiger partial charge in [-0.05, 0) is 43.9 Å². The van der Waals surface area contributed by atoms with Crippen molar-refractivity contribution in [3.05, 3.63) is 75.3 Å². The molecule has 2 aromatic rings. The Kier molecular flexibility index (Phi) is 9.71. The van der Waals surface area contributed by atoms with Crippen LogP contribution in [0, 0.1) is 17.0 Å². The van der Waals surface area contributed by atoms with E-state index in [4.69, 9.17) is 0 Å². The molecular formula is C24H31N3O4S. The van der Waals surface area contributed by atoms with Gasteiger partial charge in [-0.3, -0.25) is 19.7 Å². The van der Waals surface area contributed by atoms with Gasteiger partial charge in [0.15, 0.2) is 0 Å². The Hall–Kier alpha value is -2.87. The molecule has 0 aliphatic heterocycles. The average Bonchev–Trinajstić information content (AvgIpc) is 2.78. The zero-order valence-electron chi connectivity index (χ0n) is 19.0. The third-order valence-corrected chi connectivity index (χ3v) is 6.40. The molecule has 7 nitrogen and oxygen atoms in total. The van der Waals surface area contributed by atoms with Crippen molar-refractivity contribution in [2.24, 2.45) is 0 Å². The zero-order chi connectivity index (χ0) is 23.7. The van der Waals surface area contributed by atoms with Crippen molar-refractivity contribution in [3.8, 4) is 0 Å². The molecule has 1 N–H and O–H groups in total. The van der Waals surface area contributed by atoms with Gasteiger partial charge in [0, 0.05) is 30.5 Å². The molecular weight excluding hydrogens is 426 g/mol. The maximum atomic E-state index is 13.1. The second-order valence-electron chi connectivity index (χ2n) is 7.86. The minimum Gasteiger partial charge on any atom is -0.352 e. The number of benzene rings is 2. The van der Waals surface area contributed by atoms with Gasteiger partial charge in [0.05, 0.1) is 10.7 Å². The molecule has 172 valence electrons.